The molecule has 0 saturated heterocycles. The van der Waals surface area contributed by atoms with Crippen molar-refractivity contribution in [1.82, 2.24) is 5.32 Å². The van der Waals surface area contributed by atoms with E-state index in [2.05, 4.69) is 10.1 Å². The van der Waals surface area contributed by atoms with Crippen LogP contribution in [-0.2, 0) is 52.3 Å². The Morgan fingerprint density at radius 3 is 1.20 bits per heavy atom. The monoisotopic (exact) mass is 513 g/mol. The van der Waals surface area contributed by atoms with E-state index >= 15 is 0 Å². The summed E-state index contributed by atoms with van der Waals surface area (Å²) in [6.07, 6.45) is -0.0129. The van der Waals surface area contributed by atoms with Gasteiger partial charge in [-0.3, -0.25) is 9.59 Å². The molecular weight excluding hydrogens is 474 g/mol. The SMILES string of the molecule is O=C(O)CCOCCOCCOCCOCCOCCOCCOCCNC(=O)COCC(=O)O. The average molecular weight is 514 g/mol. The molecule has 0 aliphatic carbocycles. The summed E-state index contributed by atoms with van der Waals surface area (Å²) >= 11 is 0. The number of carbonyl (C=O) groups is 3. The highest BCUT2D eigenvalue weighted by Crippen LogP contribution is 1.86. The first-order valence-corrected chi connectivity index (χ1v) is 11.3. The fourth-order valence-electron chi connectivity index (χ4n) is 2.13. The third-order valence-corrected chi connectivity index (χ3v) is 3.72. The summed E-state index contributed by atoms with van der Waals surface area (Å²) in [5.41, 5.74) is 0. The average Bonchev–Trinajstić information content (AvgIpc) is 2.81. The van der Waals surface area contributed by atoms with Gasteiger partial charge in [-0.25, -0.2) is 4.79 Å². The first-order chi connectivity index (χ1) is 17.0. The Morgan fingerprint density at radius 1 is 0.457 bits per heavy atom. The normalized spacial score (nSPS) is 11.0. The Hall–Kier alpha value is -1.91. The van der Waals surface area contributed by atoms with Gasteiger partial charge in [0.1, 0.15) is 13.2 Å². The van der Waals surface area contributed by atoms with Gasteiger partial charge in [0.05, 0.1) is 98.9 Å². The molecule has 0 aromatic heterocycles. The lowest BCUT2D eigenvalue weighted by molar-refractivity contribution is -0.143. The van der Waals surface area contributed by atoms with Crippen LogP contribution < -0.4 is 5.32 Å². The Bertz CT molecular complexity index is 521. The van der Waals surface area contributed by atoms with Gasteiger partial charge in [0.15, 0.2) is 0 Å². The molecule has 0 rings (SSSR count). The Balaban J connectivity index is 3.10. The molecule has 0 fully saturated rings. The van der Waals surface area contributed by atoms with Gasteiger partial charge in [0.2, 0.25) is 5.91 Å². The number of aliphatic carboxylic acids is 2. The molecule has 0 aromatic rings. The smallest absolute Gasteiger partial charge is 0.329 e. The highest BCUT2D eigenvalue weighted by Gasteiger charge is 2.03. The number of amides is 1. The minimum Gasteiger partial charge on any atom is -0.481 e. The fraction of sp³-hybridized carbons (Fsp3) is 0.857. The Kier molecular flexibility index (Phi) is 25.2. The van der Waals surface area contributed by atoms with Gasteiger partial charge in [-0.2, -0.15) is 0 Å². The second kappa shape index (κ2) is 26.7. The molecule has 35 heavy (non-hydrogen) atoms. The van der Waals surface area contributed by atoms with Crippen molar-refractivity contribution in [3.05, 3.63) is 0 Å². The summed E-state index contributed by atoms with van der Waals surface area (Å²) in [5.74, 6) is -2.42. The van der Waals surface area contributed by atoms with E-state index in [9.17, 15) is 14.4 Å². The molecule has 1 amide bonds. The Labute approximate surface area is 205 Å². The number of hydrogen-bond acceptors (Lipinski definition) is 11. The van der Waals surface area contributed by atoms with E-state index < -0.39 is 24.5 Å². The van der Waals surface area contributed by atoms with Crippen LogP contribution in [0.1, 0.15) is 6.42 Å². The number of hydrogen-bond donors (Lipinski definition) is 3. The summed E-state index contributed by atoms with van der Waals surface area (Å²) in [4.78, 5) is 31.8. The highest BCUT2D eigenvalue weighted by molar-refractivity contribution is 5.77. The summed E-state index contributed by atoms with van der Waals surface area (Å²) in [5, 5.41) is 19.4. The molecule has 0 bridgehead atoms. The van der Waals surface area contributed by atoms with Crippen molar-refractivity contribution in [2.24, 2.45) is 0 Å². The lowest BCUT2D eigenvalue weighted by atomic mass is 10.5. The van der Waals surface area contributed by atoms with Crippen LogP contribution in [0, 0.1) is 0 Å². The zero-order valence-electron chi connectivity index (χ0n) is 20.1. The van der Waals surface area contributed by atoms with E-state index in [1.165, 1.54) is 0 Å². The fourth-order valence-corrected chi connectivity index (χ4v) is 2.13. The van der Waals surface area contributed by atoms with Crippen molar-refractivity contribution in [2.75, 3.05) is 112 Å². The first-order valence-electron chi connectivity index (χ1n) is 11.3. The van der Waals surface area contributed by atoms with Gasteiger partial charge in [-0.1, -0.05) is 0 Å². The summed E-state index contributed by atoms with van der Waals surface area (Å²) in [6.45, 7) is 5.01. The van der Waals surface area contributed by atoms with Crippen LogP contribution in [0.25, 0.3) is 0 Å². The molecule has 0 heterocycles. The summed E-state index contributed by atoms with van der Waals surface area (Å²) < 4.78 is 41.7. The van der Waals surface area contributed by atoms with Crippen LogP contribution in [0.2, 0.25) is 0 Å². The van der Waals surface area contributed by atoms with Crippen molar-refractivity contribution in [3.8, 4) is 0 Å². The summed E-state index contributed by atoms with van der Waals surface area (Å²) in [7, 11) is 0. The molecule has 0 aromatic carbocycles. The van der Waals surface area contributed by atoms with E-state index in [-0.39, 0.29) is 19.6 Å². The number of carbonyl (C=O) groups excluding carboxylic acids is 1. The summed E-state index contributed by atoms with van der Waals surface area (Å²) in [6, 6.07) is 0. The lowest BCUT2D eigenvalue weighted by Crippen LogP contribution is -2.31. The predicted molar refractivity (Wildman–Crippen MR) is 119 cm³/mol. The van der Waals surface area contributed by atoms with Crippen LogP contribution in [0.4, 0.5) is 0 Å². The third-order valence-electron chi connectivity index (χ3n) is 3.72. The molecular formula is C21H39NO13. The number of carboxylic acid groups (broad SMARTS) is 2. The quantitative estimate of drug-likeness (QED) is 0.106. The van der Waals surface area contributed by atoms with Crippen LogP contribution in [0.5, 0.6) is 0 Å². The van der Waals surface area contributed by atoms with Crippen molar-refractivity contribution in [2.45, 2.75) is 6.42 Å². The van der Waals surface area contributed by atoms with Crippen LogP contribution >= 0.6 is 0 Å². The molecule has 0 saturated carbocycles. The first kappa shape index (κ1) is 33.1. The molecule has 206 valence electrons. The molecule has 14 nitrogen and oxygen atoms in total. The molecule has 14 heteroatoms. The largest absolute Gasteiger partial charge is 0.481 e. The van der Waals surface area contributed by atoms with E-state index in [1.54, 1.807) is 0 Å². The van der Waals surface area contributed by atoms with Crippen molar-refractivity contribution < 1.29 is 62.5 Å². The van der Waals surface area contributed by atoms with Gasteiger partial charge < -0.3 is 53.4 Å². The predicted octanol–water partition coefficient (Wildman–Crippen LogP) is -1.21. The molecule has 0 aliphatic heterocycles. The molecule has 0 unspecified atom stereocenters. The number of rotatable bonds is 28. The van der Waals surface area contributed by atoms with Crippen molar-refractivity contribution >= 4 is 17.8 Å². The van der Waals surface area contributed by atoms with Crippen LogP contribution in [-0.4, -0.2) is 140 Å². The Morgan fingerprint density at radius 2 is 0.829 bits per heavy atom. The highest BCUT2D eigenvalue weighted by atomic mass is 16.6. The maximum Gasteiger partial charge on any atom is 0.329 e. The van der Waals surface area contributed by atoms with Gasteiger partial charge >= 0.3 is 11.9 Å². The van der Waals surface area contributed by atoms with Gasteiger partial charge in [-0.05, 0) is 0 Å². The van der Waals surface area contributed by atoms with Crippen LogP contribution in [0.3, 0.4) is 0 Å². The molecule has 0 aliphatic rings. The number of ether oxygens (including phenoxy) is 8. The van der Waals surface area contributed by atoms with Crippen molar-refractivity contribution in [1.29, 1.82) is 0 Å². The second-order valence-corrected chi connectivity index (χ2v) is 6.67. The third kappa shape index (κ3) is 30.1. The van der Waals surface area contributed by atoms with E-state index in [1.807, 2.05) is 0 Å². The van der Waals surface area contributed by atoms with Crippen molar-refractivity contribution in [3.63, 3.8) is 0 Å². The van der Waals surface area contributed by atoms with E-state index in [4.69, 9.17) is 43.4 Å². The maximum absolute atomic E-state index is 11.3. The standard InChI is InChI=1S/C21H39NO13/c23-19(17-35-18-21(26)27)22-2-4-29-6-8-31-10-12-33-14-16-34-15-13-32-11-9-30-7-5-28-3-1-20(24)25/h1-18H2,(H,22,23)(H,24,25)(H,26,27). The molecule has 3 N–H and O–H groups in total. The minimum absolute atomic E-state index is 0.0129. The van der Waals surface area contributed by atoms with Gasteiger partial charge in [-0.15, -0.1) is 0 Å². The molecule has 0 spiro atoms. The molecule has 0 atom stereocenters. The van der Waals surface area contributed by atoms with E-state index in [0.29, 0.717) is 92.4 Å². The minimum atomic E-state index is -1.13. The zero-order chi connectivity index (χ0) is 25.8. The molecule has 0 radical (unpaired) electrons. The maximum atomic E-state index is 11.3. The zero-order valence-corrected chi connectivity index (χ0v) is 20.1. The van der Waals surface area contributed by atoms with Crippen LogP contribution in [0.15, 0.2) is 0 Å². The van der Waals surface area contributed by atoms with Gasteiger partial charge in [0.25, 0.3) is 0 Å². The van der Waals surface area contributed by atoms with E-state index in [0.717, 1.165) is 0 Å². The number of nitrogens with one attached hydrogen (secondary N) is 1. The number of carboxylic acids is 2. The lowest BCUT2D eigenvalue weighted by Gasteiger charge is -2.09. The second-order valence-electron chi connectivity index (χ2n) is 6.67. The topological polar surface area (TPSA) is 178 Å². The van der Waals surface area contributed by atoms with Gasteiger partial charge in [0, 0.05) is 6.54 Å².